The first-order chi connectivity index (χ1) is 16.4. The van der Waals surface area contributed by atoms with Gasteiger partial charge in [0.15, 0.2) is 5.58 Å². The zero-order valence-electron chi connectivity index (χ0n) is 19.2. The number of nitrogens with zero attached hydrogens (tertiary/aromatic N) is 2. The van der Waals surface area contributed by atoms with E-state index in [0.29, 0.717) is 23.3 Å². The minimum Gasteiger partial charge on any atom is -0.408 e. The number of carbonyl (C=O) groups excluding carboxylic acids is 2. The molecule has 0 saturated carbocycles. The molecule has 7 nitrogen and oxygen atoms in total. The summed E-state index contributed by atoms with van der Waals surface area (Å²) >= 11 is 0. The van der Waals surface area contributed by atoms with Crippen LogP contribution in [0.25, 0.3) is 11.1 Å². The van der Waals surface area contributed by atoms with Gasteiger partial charge in [0.25, 0.3) is 0 Å². The average molecular weight is 458 g/mol. The van der Waals surface area contributed by atoms with E-state index in [2.05, 4.69) is 5.32 Å². The van der Waals surface area contributed by atoms with Gasteiger partial charge in [0.05, 0.1) is 11.6 Å². The molecule has 1 aromatic heterocycles. The van der Waals surface area contributed by atoms with E-state index in [1.165, 1.54) is 11.5 Å². The molecule has 4 aromatic rings. The van der Waals surface area contributed by atoms with Crippen molar-refractivity contribution in [2.75, 3.05) is 5.32 Å². The summed E-state index contributed by atoms with van der Waals surface area (Å²) in [7, 11) is 0. The number of para-hydroxylation sites is 2. The molecule has 1 heterocycles. The van der Waals surface area contributed by atoms with E-state index in [1.807, 2.05) is 73.7 Å². The predicted molar refractivity (Wildman–Crippen MR) is 131 cm³/mol. The molecule has 1 atom stereocenters. The summed E-state index contributed by atoms with van der Waals surface area (Å²) in [4.78, 5) is 39.1. The van der Waals surface area contributed by atoms with Gasteiger partial charge < -0.3 is 14.6 Å². The van der Waals surface area contributed by atoms with Crippen molar-refractivity contribution in [1.82, 2.24) is 9.47 Å². The van der Waals surface area contributed by atoms with E-state index in [9.17, 15) is 14.4 Å². The summed E-state index contributed by atoms with van der Waals surface area (Å²) in [5.41, 5.74) is 3.77. The molecule has 0 aliphatic heterocycles. The van der Waals surface area contributed by atoms with Gasteiger partial charge in [-0.2, -0.15) is 0 Å². The summed E-state index contributed by atoms with van der Waals surface area (Å²) in [6.45, 7) is 4.07. The minimum absolute atomic E-state index is 0.0848. The third-order valence-corrected chi connectivity index (χ3v) is 5.80. The van der Waals surface area contributed by atoms with Crippen LogP contribution in [-0.4, -0.2) is 21.3 Å². The van der Waals surface area contributed by atoms with Crippen molar-refractivity contribution in [2.24, 2.45) is 0 Å². The minimum atomic E-state index is -0.473. The van der Waals surface area contributed by atoms with Crippen molar-refractivity contribution < 1.29 is 14.0 Å². The Hall–Kier alpha value is -4.13. The highest BCUT2D eigenvalue weighted by Gasteiger charge is 2.23. The Kier molecular flexibility index (Phi) is 6.92. The van der Waals surface area contributed by atoms with Crippen LogP contribution in [0.5, 0.6) is 0 Å². The highest BCUT2D eigenvalue weighted by Crippen LogP contribution is 2.26. The van der Waals surface area contributed by atoms with Crippen LogP contribution in [-0.2, 0) is 22.7 Å². The molecule has 1 N–H and O–H groups in total. The molecule has 0 aliphatic carbocycles. The fourth-order valence-corrected chi connectivity index (χ4v) is 4.06. The number of benzene rings is 3. The number of carbonyl (C=O) groups is 2. The Morgan fingerprint density at radius 2 is 1.74 bits per heavy atom. The second-order valence-electron chi connectivity index (χ2n) is 8.23. The molecular weight excluding hydrogens is 430 g/mol. The summed E-state index contributed by atoms with van der Waals surface area (Å²) in [5.74, 6) is -0.710. The quantitative estimate of drug-likeness (QED) is 0.414. The number of hydrogen-bond donors (Lipinski definition) is 1. The molecule has 34 heavy (non-hydrogen) atoms. The Morgan fingerprint density at radius 1 is 1.00 bits per heavy atom. The van der Waals surface area contributed by atoms with Crippen molar-refractivity contribution in [3.63, 3.8) is 0 Å². The average Bonchev–Trinajstić information content (AvgIpc) is 3.16. The first-order valence-electron chi connectivity index (χ1n) is 11.2. The molecule has 0 spiro atoms. The van der Waals surface area contributed by atoms with Crippen LogP contribution >= 0.6 is 0 Å². The van der Waals surface area contributed by atoms with E-state index in [0.717, 1.165) is 11.1 Å². The normalized spacial score (nSPS) is 11.8. The highest BCUT2D eigenvalue weighted by molar-refractivity contribution is 5.88. The summed E-state index contributed by atoms with van der Waals surface area (Å²) < 4.78 is 6.79. The number of anilines is 1. The smallest absolute Gasteiger partial charge is 0.408 e. The van der Waals surface area contributed by atoms with E-state index < -0.39 is 5.76 Å². The lowest BCUT2D eigenvalue weighted by Gasteiger charge is -2.30. The molecule has 0 aliphatic rings. The SMILES string of the molecule is CC(=O)Nc1cccc(C(C)N(Cc2ccccc2)C(=O)CCn2c(=O)oc3ccccc32)c1. The molecule has 174 valence electrons. The topological polar surface area (TPSA) is 84.5 Å². The van der Waals surface area contributed by atoms with Crippen LogP contribution in [0, 0.1) is 0 Å². The van der Waals surface area contributed by atoms with Crippen molar-refractivity contribution in [1.29, 1.82) is 0 Å². The second-order valence-corrected chi connectivity index (χ2v) is 8.23. The maximum absolute atomic E-state index is 13.5. The molecule has 1 unspecified atom stereocenters. The standard InChI is InChI=1S/C27H27N3O4/c1-19(22-11-8-12-23(17-22)28-20(2)31)30(18-21-9-4-3-5-10-21)26(32)15-16-29-24-13-6-7-14-25(24)34-27(29)33/h3-14,17,19H,15-16,18H2,1-2H3,(H,28,31). The number of amides is 2. The third kappa shape index (κ3) is 5.26. The van der Waals surface area contributed by atoms with Crippen LogP contribution in [0.1, 0.15) is 37.4 Å². The number of oxazole rings is 1. The molecular formula is C27H27N3O4. The van der Waals surface area contributed by atoms with Crippen LogP contribution in [0.4, 0.5) is 5.69 Å². The summed E-state index contributed by atoms with van der Waals surface area (Å²) in [6, 6.07) is 24.2. The van der Waals surface area contributed by atoms with Gasteiger partial charge in [0.2, 0.25) is 11.8 Å². The molecule has 0 bridgehead atoms. The van der Waals surface area contributed by atoms with Crippen LogP contribution in [0.3, 0.4) is 0 Å². The van der Waals surface area contributed by atoms with Gasteiger partial charge >= 0.3 is 5.76 Å². The molecule has 4 rings (SSSR count). The fraction of sp³-hybridized carbons (Fsp3) is 0.222. The van der Waals surface area contributed by atoms with Crippen molar-refractivity contribution >= 4 is 28.6 Å². The monoisotopic (exact) mass is 457 g/mol. The number of aromatic nitrogens is 1. The molecule has 0 radical (unpaired) electrons. The Labute approximate surface area is 197 Å². The predicted octanol–water partition coefficient (Wildman–Crippen LogP) is 4.73. The van der Waals surface area contributed by atoms with Gasteiger partial charge in [-0.1, -0.05) is 54.6 Å². The molecule has 2 amide bonds. The molecule has 0 fully saturated rings. The molecule has 0 saturated heterocycles. The second kappa shape index (κ2) is 10.2. The molecule has 7 heteroatoms. The first kappa shape index (κ1) is 23.0. The number of fused-ring (bicyclic) bond motifs is 1. The van der Waals surface area contributed by atoms with Gasteiger partial charge in [-0.05, 0) is 42.3 Å². The lowest BCUT2D eigenvalue weighted by atomic mass is 10.0. The first-order valence-corrected chi connectivity index (χ1v) is 11.2. The highest BCUT2D eigenvalue weighted by atomic mass is 16.4. The zero-order valence-corrected chi connectivity index (χ0v) is 19.2. The lowest BCUT2D eigenvalue weighted by Crippen LogP contribution is -2.34. The number of aryl methyl sites for hydroxylation is 1. The van der Waals surface area contributed by atoms with Crippen molar-refractivity contribution in [3.05, 3.63) is 101 Å². The maximum Gasteiger partial charge on any atom is 0.419 e. The van der Waals surface area contributed by atoms with Crippen LogP contribution in [0.2, 0.25) is 0 Å². The number of nitrogens with one attached hydrogen (secondary N) is 1. The Morgan fingerprint density at radius 3 is 2.50 bits per heavy atom. The zero-order chi connectivity index (χ0) is 24.1. The van der Waals surface area contributed by atoms with Crippen LogP contribution in [0.15, 0.2) is 88.1 Å². The van der Waals surface area contributed by atoms with Crippen LogP contribution < -0.4 is 11.1 Å². The van der Waals surface area contributed by atoms with Gasteiger partial charge in [-0.15, -0.1) is 0 Å². The maximum atomic E-state index is 13.5. The fourth-order valence-electron chi connectivity index (χ4n) is 4.06. The Bertz CT molecular complexity index is 1360. The largest absolute Gasteiger partial charge is 0.419 e. The van der Waals surface area contributed by atoms with E-state index >= 15 is 0 Å². The van der Waals surface area contributed by atoms with Crippen molar-refractivity contribution in [3.8, 4) is 0 Å². The molecule has 3 aromatic carbocycles. The number of rotatable bonds is 8. The lowest BCUT2D eigenvalue weighted by molar-refractivity contribution is -0.134. The van der Waals surface area contributed by atoms with Gasteiger partial charge in [0, 0.05) is 32.1 Å². The van der Waals surface area contributed by atoms with E-state index in [1.54, 1.807) is 17.0 Å². The van der Waals surface area contributed by atoms with E-state index in [4.69, 9.17) is 4.42 Å². The third-order valence-electron chi connectivity index (χ3n) is 5.80. The summed E-state index contributed by atoms with van der Waals surface area (Å²) in [6.07, 6.45) is 0.145. The van der Waals surface area contributed by atoms with Gasteiger partial charge in [0.1, 0.15) is 0 Å². The van der Waals surface area contributed by atoms with E-state index in [-0.39, 0.29) is 30.8 Å². The van der Waals surface area contributed by atoms with Crippen molar-refractivity contribution in [2.45, 2.75) is 39.4 Å². The number of hydrogen-bond acceptors (Lipinski definition) is 4. The Balaban J connectivity index is 1.59. The van der Waals surface area contributed by atoms with Gasteiger partial charge in [-0.25, -0.2) is 4.79 Å². The van der Waals surface area contributed by atoms with Gasteiger partial charge in [-0.3, -0.25) is 14.2 Å². The summed E-state index contributed by atoms with van der Waals surface area (Å²) in [5, 5.41) is 2.79.